The number of anilines is 2. The Labute approximate surface area is 143 Å². The molecule has 0 saturated heterocycles. The van der Waals surface area contributed by atoms with Gasteiger partial charge in [-0.2, -0.15) is 0 Å². The van der Waals surface area contributed by atoms with Crippen molar-refractivity contribution < 1.29 is 0 Å². The molecule has 0 amide bonds. The third-order valence-corrected chi connectivity index (χ3v) is 4.70. The Kier molecular flexibility index (Phi) is 3.50. The van der Waals surface area contributed by atoms with E-state index >= 15 is 0 Å². The first-order valence-electron chi connectivity index (χ1n) is 8.36. The molecule has 0 aromatic heterocycles. The highest BCUT2D eigenvalue weighted by molar-refractivity contribution is 6.13. The van der Waals surface area contributed by atoms with E-state index in [-0.39, 0.29) is 0 Å². The van der Waals surface area contributed by atoms with Crippen LogP contribution >= 0.6 is 0 Å². The topological polar surface area (TPSA) is 3.24 Å². The van der Waals surface area contributed by atoms with Crippen molar-refractivity contribution >= 4 is 32.9 Å². The van der Waals surface area contributed by atoms with Gasteiger partial charge < -0.3 is 4.90 Å². The van der Waals surface area contributed by atoms with Crippen molar-refractivity contribution in [2.75, 3.05) is 11.9 Å². The normalized spacial score (nSPS) is 11.1. The third-order valence-electron chi connectivity index (χ3n) is 4.70. The fourth-order valence-electron chi connectivity index (χ4n) is 3.60. The van der Waals surface area contributed by atoms with E-state index in [1.807, 2.05) is 0 Å². The Balaban J connectivity index is 2.00. The summed E-state index contributed by atoms with van der Waals surface area (Å²) in [5, 5.41) is 5.19. The molecule has 0 aliphatic carbocycles. The van der Waals surface area contributed by atoms with Crippen molar-refractivity contribution in [1.29, 1.82) is 0 Å². The lowest BCUT2D eigenvalue weighted by atomic mass is 9.99. The Hall–Kier alpha value is -2.80. The van der Waals surface area contributed by atoms with Crippen LogP contribution in [0.15, 0.2) is 72.8 Å². The minimum absolute atomic E-state index is 1.23. The van der Waals surface area contributed by atoms with Gasteiger partial charge in [0.15, 0.2) is 0 Å². The molecule has 0 N–H and O–H groups in total. The molecule has 0 atom stereocenters. The molecule has 0 fully saturated rings. The first-order chi connectivity index (χ1) is 11.6. The molecule has 0 bridgehead atoms. The van der Waals surface area contributed by atoms with E-state index < -0.39 is 0 Å². The number of hydrogen-bond donors (Lipinski definition) is 0. The van der Waals surface area contributed by atoms with Crippen LogP contribution in [0.4, 0.5) is 11.4 Å². The maximum Gasteiger partial charge on any atom is 0.0494 e. The van der Waals surface area contributed by atoms with Crippen LogP contribution in [0.25, 0.3) is 21.5 Å². The largest absolute Gasteiger partial charge is 0.344 e. The average Bonchev–Trinajstić information content (AvgIpc) is 2.59. The predicted octanol–water partition coefficient (Wildman–Crippen LogP) is 6.38. The summed E-state index contributed by atoms with van der Waals surface area (Å²) in [7, 11) is 2.16. The van der Waals surface area contributed by atoms with Crippen molar-refractivity contribution in [3.05, 3.63) is 83.9 Å². The van der Waals surface area contributed by atoms with Crippen LogP contribution in [-0.4, -0.2) is 7.05 Å². The summed E-state index contributed by atoms with van der Waals surface area (Å²) in [5.41, 5.74) is 5.06. The van der Waals surface area contributed by atoms with Crippen LogP contribution in [0.1, 0.15) is 11.1 Å². The van der Waals surface area contributed by atoms with Gasteiger partial charge in [-0.15, -0.1) is 0 Å². The summed E-state index contributed by atoms with van der Waals surface area (Å²) in [6.07, 6.45) is 0. The summed E-state index contributed by atoms with van der Waals surface area (Å²) in [5.74, 6) is 0. The van der Waals surface area contributed by atoms with Gasteiger partial charge in [-0.05, 0) is 59.3 Å². The SMILES string of the molecule is Cc1cc(C)cc(N(C)c2cc3ccccc3c3ccccc23)c1. The van der Waals surface area contributed by atoms with Gasteiger partial charge in [0, 0.05) is 23.8 Å². The molecule has 0 saturated carbocycles. The lowest BCUT2D eigenvalue weighted by Gasteiger charge is -2.23. The Morgan fingerprint density at radius 1 is 0.625 bits per heavy atom. The number of aryl methyl sites for hydroxylation is 2. The molecule has 0 unspecified atom stereocenters. The zero-order chi connectivity index (χ0) is 16.7. The Morgan fingerprint density at radius 3 is 1.92 bits per heavy atom. The van der Waals surface area contributed by atoms with Crippen LogP contribution in [0.5, 0.6) is 0 Å². The van der Waals surface area contributed by atoms with E-state index in [1.54, 1.807) is 0 Å². The molecular formula is C23H21N. The number of rotatable bonds is 2. The number of fused-ring (bicyclic) bond motifs is 3. The van der Waals surface area contributed by atoms with Crippen molar-refractivity contribution in [1.82, 2.24) is 0 Å². The molecule has 1 heteroatoms. The van der Waals surface area contributed by atoms with Gasteiger partial charge in [-0.1, -0.05) is 54.6 Å². The van der Waals surface area contributed by atoms with E-state index in [2.05, 4.69) is 98.6 Å². The number of hydrogen-bond acceptors (Lipinski definition) is 1. The smallest absolute Gasteiger partial charge is 0.0494 e. The van der Waals surface area contributed by atoms with E-state index in [0.717, 1.165) is 0 Å². The molecule has 0 aliphatic rings. The molecule has 4 aromatic carbocycles. The van der Waals surface area contributed by atoms with Gasteiger partial charge in [0.2, 0.25) is 0 Å². The van der Waals surface area contributed by atoms with Crippen LogP contribution in [0.2, 0.25) is 0 Å². The van der Waals surface area contributed by atoms with Crippen LogP contribution < -0.4 is 4.90 Å². The Bertz CT molecular complexity index is 1030. The molecule has 4 rings (SSSR count). The summed E-state index contributed by atoms with van der Waals surface area (Å²) >= 11 is 0. The fourth-order valence-corrected chi connectivity index (χ4v) is 3.60. The van der Waals surface area contributed by atoms with Gasteiger partial charge in [-0.3, -0.25) is 0 Å². The quantitative estimate of drug-likeness (QED) is 0.388. The lowest BCUT2D eigenvalue weighted by Crippen LogP contribution is -2.10. The fraction of sp³-hybridized carbons (Fsp3) is 0.130. The molecule has 24 heavy (non-hydrogen) atoms. The van der Waals surface area contributed by atoms with Gasteiger partial charge in [0.05, 0.1) is 0 Å². The molecular weight excluding hydrogens is 290 g/mol. The number of benzene rings is 4. The summed E-state index contributed by atoms with van der Waals surface area (Å²) in [4.78, 5) is 2.30. The minimum Gasteiger partial charge on any atom is -0.344 e. The van der Waals surface area contributed by atoms with Crippen LogP contribution in [-0.2, 0) is 0 Å². The number of nitrogens with zero attached hydrogens (tertiary/aromatic N) is 1. The first-order valence-corrected chi connectivity index (χ1v) is 8.36. The zero-order valence-electron chi connectivity index (χ0n) is 14.4. The summed E-state index contributed by atoms with van der Waals surface area (Å²) in [6, 6.07) is 26.3. The van der Waals surface area contributed by atoms with Crippen LogP contribution in [0, 0.1) is 13.8 Å². The second-order valence-corrected chi connectivity index (χ2v) is 6.57. The highest BCUT2D eigenvalue weighted by atomic mass is 15.1. The maximum atomic E-state index is 2.30. The van der Waals surface area contributed by atoms with Gasteiger partial charge in [0.1, 0.15) is 0 Å². The third kappa shape index (κ3) is 2.43. The predicted molar refractivity (Wildman–Crippen MR) is 105 cm³/mol. The molecule has 0 heterocycles. The van der Waals surface area contributed by atoms with Crippen molar-refractivity contribution in [3.8, 4) is 0 Å². The molecule has 118 valence electrons. The first kappa shape index (κ1) is 14.8. The van der Waals surface area contributed by atoms with E-state index in [9.17, 15) is 0 Å². The monoisotopic (exact) mass is 311 g/mol. The molecule has 0 spiro atoms. The van der Waals surface area contributed by atoms with E-state index in [0.29, 0.717) is 0 Å². The average molecular weight is 311 g/mol. The Morgan fingerprint density at radius 2 is 1.21 bits per heavy atom. The molecule has 4 aromatic rings. The lowest BCUT2D eigenvalue weighted by molar-refractivity contribution is 1.20. The van der Waals surface area contributed by atoms with Crippen LogP contribution in [0.3, 0.4) is 0 Å². The molecule has 1 nitrogen and oxygen atoms in total. The second kappa shape index (κ2) is 5.68. The van der Waals surface area contributed by atoms with E-state index in [4.69, 9.17) is 0 Å². The maximum absolute atomic E-state index is 2.30. The molecule has 0 radical (unpaired) electrons. The van der Waals surface area contributed by atoms with Gasteiger partial charge in [-0.25, -0.2) is 0 Å². The second-order valence-electron chi connectivity index (χ2n) is 6.57. The standard InChI is InChI=1S/C23H21N/c1-16-12-17(2)14-19(13-16)24(3)23-15-18-8-4-5-9-20(18)21-10-6-7-11-22(21)23/h4-15H,1-3H3. The van der Waals surface area contributed by atoms with Crippen molar-refractivity contribution in [2.24, 2.45) is 0 Å². The van der Waals surface area contributed by atoms with Crippen molar-refractivity contribution in [3.63, 3.8) is 0 Å². The van der Waals surface area contributed by atoms with E-state index in [1.165, 1.54) is 44.0 Å². The highest BCUT2D eigenvalue weighted by Crippen LogP contribution is 2.36. The zero-order valence-corrected chi connectivity index (χ0v) is 14.4. The summed E-state index contributed by atoms with van der Waals surface area (Å²) < 4.78 is 0. The van der Waals surface area contributed by atoms with Crippen molar-refractivity contribution in [2.45, 2.75) is 13.8 Å². The van der Waals surface area contributed by atoms with Gasteiger partial charge >= 0.3 is 0 Å². The summed E-state index contributed by atoms with van der Waals surface area (Å²) in [6.45, 7) is 4.31. The minimum atomic E-state index is 1.23. The highest BCUT2D eigenvalue weighted by Gasteiger charge is 2.11. The molecule has 0 aliphatic heterocycles. The van der Waals surface area contributed by atoms with Gasteiger partial charge in [0.25, 0.3) is 0 Å².